The highest BCUT2D eigenvalue weighted by molar-refractivity contribution is 5.46. The molecule has 2 heteroatoms. The van der Waals surface area contributed by atoms with Gasteiger partial charge < -0.3 is 4.74 Å². The molecule has 0 bridgehead atoms. The van der Waals surface area contributed by atoms with E-state index in [1.54, 1.807) is 6.07 Å². The van der Waals surface area contributed by atoms with Crippen LogP contribution in [0.2, 0.25) is 0 Å². The van der Waals surface area contributed by atoms with Gasteiger partial charge in [-0.05, 0) is 75.6 Å². The minimum atomic E-state index is -3.10. The smallest absolute Gasteiger partial charge is 0.119 e. The Bertz CT molecular complexity index is 791. The van der Waals surface area contributed by atoms with Crippen LogP contribution in [0.3, 0.4) is 0 Å². The molecule has 1 aromatic carbocycles. The highest BCUT2D eigenvalue weighted by atomic mass is 16.5. The molecule has 0 radical (unpaired) electrons. The largest absolute Gasteiger partial charge is 0.491 e. The molecule has 2 aliphatic carbocycles. The third-order valence-corrected chi connectivity index (χ3v) is 6.53. The summed E-state index contributed by atoms with van der Waals surface area (Å²) < 4.78 is 59.3. The van der Waals surface area contributed by atoms with E-state index in [2.05, 4.69) is 18.9 Å². The highest BCUT2D eigenvalue weighted by Crippen LogP contribution is 2.59. The minimum Gasteiger partial charge on any atom is -0.491 e. The molecule has 2 fully saturated rings. The van der Waals surface area contributed by atoms with Crippen molar-refractivity contribution in [2.45, 2.75) is 76.3 Å². The standard InChI is InChI=1S/C20H29NO/c1-5-20-10-6-7-17-19(20)18(21(17)4)11-14-8-9-15(12-16(14)20)22-13(2)3/h8-9,12-13,17-19H,5-7,10-11H2,1-4H3/t17?,18-,19+,20?/m0/s1/i2D3,3D3,13D. The maximum atomic E-state index is 8.19. The first kappa shape index (κ1) is 8.73. The van der Waals surface area contributed by atoms with Gasteiger partial charge in [0.05, 0.1) is 7.45 Å². The number of fused-ring (bicyclic) bond motifs is 2. The van der Waals surface area contributed by atoms with Gasteiger partial charge in [-0.1, -0.05) is 19.4 Å². The fourth-order valence-electron chi connectivity index (χ4n) is 5.61. The van der Waals surface area contributed by atoms with Gasteiger partial charge in [0, 0.05) is 25.7 Å². The van der Waals surface area contributed by atoms with Crippen LogP contribution in [-0.4, -0.2) is 30.1 Å². The first-order valence-electron chi connectivity index (χ1n) is 11.9. The topological polar surface area (TPSA) is 12.5 Å². The van der Waals surface area contributed by atoms with Crippen molar-refractivity contribution in [1.29, 1.82) is 0 Å². The Labute approximate surface area is 144 Å². The van der Waals surface area contributed by atoms with Crippen molar-refractivity contribution >= 4 is 0 Å². The number of likely N-dealkylation sites (N-methyl/N-ethyl adjacent to an activating group) is 1. The summed E-state index contributed by atoms with van der Waals surface area (Å²) >= 11 is 0. The molecule has 2 unspecified atom stereocenters. The van der Waals surface area contributed by atoms with Crippen molar-refractivity contribution in [3.05, 3.63) is 29.3 Å². The maximum absolute atomic E-state index is 8.19. The molecule has 1 aromatic rings. The van der Waals surface area contributed by atoms with Gasteiger partial charge in [-0.15, -0.1) is 0 Å². The summed E-state index contributed by atoms with van der Waals surface area (Å²) in [5, 5.41) is 0. The third-order valence-electron chi connectivity index (χ3n) is 6.53. The second-order valence-corrected chi connectivity index (χ2v) is 7.18. The molecule has 0 N–H and O–H groups in total. The molecule has 0 spiro atoms. The van der Waals surface area contributed by atoms with E-state index in [9.17, 15) is 0 Å². The van der Waals surface area contributed by atoms with Crippen LogP contribution >= 0.6 is 0 Å². The van der Waals surface area contributed by atoms with Gasteiger partial charge in [0.15, 0.2) is 0 Å². The zero-order valence-corrected chi connectivity index (χ0v) is 13.4. The molecule has 1 aliphatic heterocycles. The van der Waals surface area contributed by atoms with Gasteiger partial charge in [0.2, 0.25) is 0 Å². The average molecular weight is 307 g/mol. The molecular formula is C20H29NO. The molecule has 0 amide bonds. The van der Waals surface area contributed by atoms with Gasteiger partial charge in [-0.3, -0.25) is 4.90 Å². The molecule has 1 saturated heterocycles. The van der Waals surface area contributed by atoms with E-state index >= 15 is 0 Å². The lowest BCUT2D eigenvalue weighted by Crippen LogP contribution is -2.72. The summed E-state index contributed by atoms with van der Waals surface area (Å²) in [7, 11) is 2.21. The summed E-state index contributed by atoms with van der Waals surface area (Å²) in [6, 6.07) is 6.50. The van der Waals surface area contributed by atoms with Crippen molar-refractivity contribution in [2.24, 2.45) is 5.92 Å². The van der Waals surface area contributed by atoms with Crippen molar-refractivity contribution in [3.8, 4) is 5.75 Å². The molecule has 2 nitrogen and oxygen atoms in total. The Morgan fingerprint density at radius 3 is 3.09 bits per heavy atom. The number of hydrogen-bond acceptors (Lipinski definition) is 2. The van der Waals surface area contributed by atoms with Gasteiger partial charge in [0.25, 0.3) is 0 Å². The predicted molar refractivity (Wildman–Crippen MR) is 90.6 cm³/mol. The predicted octanol–water partition coefficient (Wildman–Crippen LogP) is 4.16. The molecule has 1 heterocycles. The number of hydrogen-bond donors (Lipinski definition) is 0. The zero-order valence-electron chi connectivity index (χ0n) is 20.4. The van der Waals surface area contributed by atoms with E-state index in [4.69, 9.17) is 14.3 Å². The van der Waals surface area contributed by atoms with E-state index in [0.29, 0.717) is 18.0 Å². The second-order valence-electron chi connectivity index (χ2n) is 7.18. The molecule has 120 valence electrons. The van der Waals surface area contributed by atoms with Crippen LogP contribution in [0, 0.1) is 5.92 Å². The molecule has 4 rings (SSSR count). The van der Waals surface area contributed by atoms with Crippen molar-refractivity contribution < 1.29 is 14.3 Å². The first-order valence-corrected chi connectivity index (χ1v) is 8.40. The van der Waals surface area contributed by atoms with Gasteiger partial charge in [-0.25, -0.2) is 0 Å². The van der Waals surface area contributed by atoms with E-state index in [0.717, 1.165) is 31.2 Å². The Morgan fingerprint density at radius 1 is 1.45 bits per heavy atom. The number of rotatable bonds is 3. The van der Waals surface area contributed by atoms with Gasteiger partial charge in [0.1, 0.15) is 5.75 Å². The monoisotopic (exact) mass is 306 g/mol. The lowest BCUT2D eigenvalue weighted by molar-refractivity contribution is -0.115. The summed E-state index contributed by atoms with van der Waals surface area (Å²) in [6.45, 7) is -4.00. The van der Waals surface area contributed by atoms with Crippen molar-refractivity contribution in [2.75, 3.05) is 7.05 Å². The number of ether oxygens (including phenoxy) is 1. The lowest BCUT2D eigenvalue weighted by atomic mass is 9.49. The minimum absolute atomic E-state index is 0.0116. The number of benzene rings is 1. The number of likely N-dealkylation sites (tertiary alicyclic amines) is 1. The van der Waals surface area contributed by atoms with E-state index < -0.39 is 19.8 Å². The SMILES string of the molecule is [2H]C([2H])([2H])C([2H])(Oc1ccc2c(c1)C1(CC)CCCC3[C@@H]1[C@H](C2)N3C)C([2H])([2H])[2H]. The Kier molecular flexibility index (Phi) is 1.98. The van der Waals surface area contributed by atoms with Crippen molar-refractivity contribution in [1.82, 2.24) is 4.90 Å². The van der Waals surface area contributed by atoms with Gasteiger partial charge >= 0.3 is 0 Å². The molecule has 3 aliphatic rings. The summed E-state index contributed by atoms with van der Waals surface area (Å²) in [6.07, 6.45) is 2.36. The van der Waals surface area contributed by atoms with Crippen LogP contribution in [0.25, 0.3) is 0 Å². The van der Waals surface area contributed by atoms with Crippen LogP contribution < -0.4 is 4.74 Å². The molecule has 4 atom stereocenters. The lowest BCUT2D eigenvalue weighted by Gasteiger charge is -2.66. The zero-order chi connectivity index (χ0) is 21.4. The average Bonchev–Trinajstić information content (AvgIpc) is 2.64. The van der Waals surface area contributed by atoms with Crippen LogP contribution in [0.1, 0.15) is 67.0 Å². The van der Waals surface area contributed by atoms with Crippen molar-refractivity contribution in [3.63, 3.8) is 0 Å². The maximum Gasteiger partial charge on any atom is 0.119 e. The van der Waals surface area contributed by atoms with E-state index in [1.807, 2.05) is 12.1 Å². The van der Waals surface area contributed by atoms with E-state index in [1.165, 1.54) is 12.0 Å². The Morgan fingerprint density at radius 2 is 2.32 bits per heavy atom. The third kappa shape index (κ3) is 1.83. The molecule has 1 saturated carbocycles. The molecular weight excluding hydrogens is 270 g/mol. The summed E-state index contributed by atoms with van der Waals surface area (Å²) in [5.41, 5.74) is 2.40. The summed E-state index contributed by atoms with van der Waals surface area (Å²) in [4.78, 5) is 2.50. The summed E-state index contributed by atoms with van der Waals surface area (Å²) in [5.74, 6) is 0.729. The highest BCUT2D eigenvalue weighted by Gasteiger charge is 2.60. The van der Waals surface area contributed by atoms with Crippen LogP contribution in [0.15, 0.2) is 18.2 Å². The number of nitrogens with zero attached hydrogens (tertiary/aromatic N) is 1. The Balaban J connectivity index is 1.76. The quantitative estimate of drug-likeness (QED) is 0.831. The van der Waals surface area contributed by atoms with Crippen LogP contribution in [-0.2, 0) is 11.8 Å². The van der Waals surface area contributed by atoms with Crippen LogP contribution in [0.5, 0.6) is 5.75 Å². The Hall–Kier alpha value is -1.02. The first-order chi connectivity index (χ1) is 13.4. The van der Waals surface area contributed by atoms with Crippen LogP contribution in [0.4, 0.5) is 0 Å². The fraction of sp³-hybridized carbons (Fsp3) is 0.700. The fourth-order valence-corrected chi connectivity index (χ4v) is 5.61. The second kappa shape index (κ2) is 4.99. The molecule has 0 aromatic heterocycles. The normalized spacial score (nSPS) is 42.8. The molecule has 22 heavy (non-hydrogen) atoms. The van der Waals surface area contributed by atoms with E-state index in [-0.39, 0.29) is 11.2 Å². The van der Waals surface area contributed by atoms with Gasteiger partial charge in [-0.2, -0.15) is 0 Å².